The lowest BCUT2D eigenvalue weighted by atomic mass is 10.1. The van der Waals surface area contributed by atoms with E-state index in [1.165, 1.54) is 0 Å². The first kappa shape index (κ1) is 18.6. The molecule has 5 nitrogen and oxygen atoms in total. The summed E-state index contributed by atoms with van der Waals surface area (Å²) in [7, 11) is -3.63. The van der Waals surface area contributed by atoms with Gasteiger partial charge >= 0.3 is 0 Å². The Morgan fingerprint density at radius 3 is 2.04 bits per heavy atom. The molecule has 6 heteroatoms. The zero-order valence-electron chi connectivity index (χ0n) is 14.7. The van der Waals surface area contributed by atoms with Crippen LogP contribution >= 0.6 is 0 Å². The van der Waals surface area contributed by atoms with E-state index in [0.717, 1.165) is 18.4 Å². The summed E-state index contributed by atoms with van der Waals surface area (Å²) in [6.45, 7) is 1.40. The molecule has 0 unspecified atom stereocenters. The molecule has 1 fully saturated rings. The molecule has 0 spiro atoms. The van der Waals surface area contributed by atoms with Crippen molar-refractivity contribution in [2.75, 3.05) is 13.1 Å². The number of hydrogen-bond acceptors (Lipinski definition) is 3. The molecule has 0 radical (unpaired) electrons. The molecule has 1 atom stereocenters. The molecule has 3 rings (SSSR count). The van der Waals surface area contributed by atoms with Crippen molar-refractivity contribution < 1.29 is 13.2 Å². The number of carbonyl (C=O) groups excluding carboxylic acids is 1. The van der Waals surface area contributed by atoms with Gasteiger partial charge in [0.2, 0.25) is 15.9 Å². The van der Waals surface area contributed by atoms with E-state index >= 15 is 0 Å². The minimum absolute atomic E-state index is 0.133. The number of sulfonamides is 1. The summed E-state index contributed by atoms with van der Waals surface area (Å²) in [6, 6.07) is 17.7. The van der Waals surface area contributed by atoms with Crippen molar-refractivity contribution in [2.24, 2.45) is 0 Å². The second kappa shape index (κ2) is 8.47. The van der Waals surface area contributed by atoms with Crippen LogP contribution in [0.2, 0.25) is 0 Å². The van der Waals surface area contributed by atoms with Gasteiger partial charge in [-0.05, 0) is 30.4 Å². The molecule has 1 aliphatic heterocycles. The number of amides is 1. The van der Waals surface area contributed by atoms with E-state index in [2.05, 4.69) is 4.72 Å². The highest BCUT2D eigenvalue weighted by Crippen LogP contribution is 2.14. The number of hydrogen-bond donors (Lipinski definition) is 1. The fourth-order valence-corrected chi connectivity index (χ4v) is 4.57. The molecule has 1 heterocycles. The number of likely N-dealkylation sites (tertiary alicyclic amines) is 1. The molecular formula is C20H24N2O3S. The summed E-state index contributed by atoms with van der Waals surface area (Å²) in [5.74, 6) is -0.269. The zero-order valence-corrected chi connectivity index (χ0v) is 15.5. The SMILES string of the molecule is O=C([C@@H](Cc1ccccc1)NS(=O)(=O)Cc1ccccc1)N1CCCC1. The summed E-state index contributed by atoms with van der Waals surface area (Å²) >= 11 is 0. The van der Waals surface area contributed by atoms with Crippen LogP contribution in [-0.2, 0) is 27.0 Å². The van der Waals surface area contributed by atoms with E-state index in [0.29, 0.717) is 25.1 Å². The Balaban J connectivity index is 1.76. The van der Waals surface area contributed by atoms with Gasteiger partial charge < -0.3 is 4.90 Å². The largest absolute Gasteiger partial charge is 0.341 e. The third-order valence-electron chi connectivity index (χ3n) is 4.52. The lowest BCUT2D eigenvalue weighted by Crippen LogP contribution is -2.49. The number of nitrogens with one attached hydrogen (secondary N) is 1. The molecular weight excluding hydrogens is 348 g/mol. The first-order valence-electron chi connectivity index (χ1n) is 8.90. The second-order valence-electron chi connectivity index (χ2n) is 6.64. The van der Waals surface area contributed by atoms with Crippen LogP contribution in [0.3, 0.4) is 0 Å². The highest BCUT2D eigenvalue weighted by molar-refractivity contribution is 7.88. The fourth-order valence-electron chi connectivity index (χ4n) is 3.24. The van der Waals surface area contributed by atoms with Crippen molar-refractivity contribution >= 4 is 15.9 Å². The lowest BCUT2D eigenvalue weighted by molar-refractivity contribution is -0.131. The fraction of sp³-hybridized carbons (Fsp3) is 0.350. The van der Waals surface area contributed by atoms with Gasteiger partial charge in [-0.2, -0.15) is 0 Å². The average Bonchev–Trinajstić information content (AvgIpc) is 3.16. The Bertz CT molecular complexity index is 817. The molecule has 0 saturated carbocycles. The Hall–Kier alpha value is -2.18. The molecule has 1 amide bonds. The van der Waals surface area contributed by atoms with Crippen molar-refractivity contribution in [3.8, 4) is 0 Å². The molecule has 26 heavy (non-hydrogen) atoms. The maximum absolute atomic E-state index is 12.9. The van der Waals surface area contributed by atoms with E-state index in [-0.39, 0.29) is 11.7 Å². The Morgan fingerprint density at radius 1 is 0.923 bits per heavy atom. The van der Waals surface area contributed by atoms with Gasteiger partial charge in [-0.1, -0.05) is 60.7 Å². The number of carbonyl (C=O) groups is 1. The highest BCUT2D eigenvalue weighted by atomic mass is 32.2. The van der Waals surface area contributed by atoms with Crippen LogP contribution in [0.1, 0.15) is 24.0 Å². The number of benzene rings is 2. The van der Waals surface area contributed by atoms with E-state index in [9.17, 15) is 13.2 Å². The van der Waals surface area contributed by atoms with Crippen LogP contribution in [0.5, 0.6) is 0 Å². The van der Waals surface area contributed by atoms with Gasteiger partial charge in [0.15, 0.2) is 0 Å². The normalized spacial score (nSPS) is 15.8. The van der Waals surface area contributed by atoms with E-state index in [1.54, 1.807) is 17.0 Å². The minimum Gasteiger partial charge on any atom is -0.341 e. The summed E-state index contributed by atoms with van der Waals surface area (Å²) in [5, 5.41) is 0. The summed E-state index contributed by atoms with van der Waals surface area (Å²) in [4.78, 5) is 14.6. The van der Waals surface area contributed by atoms with Crippen molar-refractivity contribution in [3.63, 3.8) is 0 Å². The topological polar surface area (TPSA) is 66.5 Å². The first-order chi connectivity index (χ1) is 12.5. The molecule has 0 aromatic heterocycles. The number of rotatable bonds is 7. The Kier molecular flexibility index (Phi) is 6.06. The number of nitrogens with zero attached hydrogens (tertiary/aromatic N) is 1. The molecule has 0 aliphatic carbocycles. The minimum atomic E-state index is -3.63. The predicted octanol–water partition coefficient (Wildman–Crippen LogP) is 2.34. The zero-order chi connectivity index (χ0) is 18.4. The quantitative estimate of drug-likeness (QED) is 0.811. The second-order valence-corrected chi connectivity index (χ2v) is 8.39. The predicted molar refractivity (Wildman–Crippen MR) is 102 cm³/mol. The molecule has 2 aromatic rings. The molecule has 0 bridgehead atoms. The first-order valence-corrected chi connectivity index (χ1v) is 10.6. The van der Waals surface area contributed by atoms with E-state index in [1.807, 2.05) is 48.5 Å². The smallest absolute Gasteiger partial charge is 0.241 e. The van der Waals surface area contributed by atoms with Gasteiger partial charge in [0.25, 0.3) is 0 Å². The molecule has 138 valence electrons. The molecule has 1 N–H and O–H groups in total. The van der Waals surface area contributed by atoms with Crippen LogP contribution in [0, 0.1) is 0 Å². The third-order valence-corrected chi connectivity index (χ3v) is 5.88. The van der Waals surface area contributed by atoms with Crippen molar-refractivity contribution in [1.82, 2.24) is 9.62 Å². The van der Waals surface area contributed by atoms with Gasteiger partial charge in [0.1, 0.15) is 6.04 Å². The van der Waals surface area contributed by atoms with Gasteiger partial charge in [0.05, 0.1) is 5.75 Å². The maximum atomic E-state index is 12.9. The van der Waals surface area contributed by atoms with E-state index < -0.39 is 16.1 Å². The average molecular weight is 372 g/mol. The summed E-state index contributed by atoms with van der Waals surface area (Å²) in [6.07, 6.45) is 2.30. The lowest BCUT2D eigenvalue weighted by Gasteiger charge is -2.24. The van der Waals surface area contributed by atoms with Crippen LogP contribution in [0.15, 0.2) is 60.7 Å². The van der Waals surface area contributed by atoms with Gasteiger partial charge in [-0.3, -0.25) is 4.79 Å². The van der Waals surface area contributed by atoms with Crippen molar-refractivity contribution in [3.05, 3.63) is 71.8 Å². The standard InChI is InChI=1S/C20H24N2O3S/c23-20(22-13-7-8-14-22)19(15-17-9-3-1-4-10-17)21-26(24,25)16-18-11-5-2-6-12-18/h1-6,9-12,19,21H,7-8,13-16H2/t19-/m1/s1. The highest BCUT2D eigenvalue weighted by Gasteiger charge is 2.30. The van der Waals surface area contributed by atoms with Crippen molar-refractivity contribution in [2.45, 2.75) is 31.1 Å². The van der Waals surface area contributed by atoms with Gasteiger partial charge in [-0.15, -0.1) is 0 Å². The third kappa shape index (κ3) is 5.16. The van der Waals surface area contributed by atoms with Crippen LogP contribution in [0.4, 0.5) is 0 Å². The van der Waals surface area contributed by atoms with Crippen LogP contribution < -0.4 is 4.72 Å². The summed E-state index contributed by atoms with van der Waals surface area (Å²) < 4.78 is 27.9. The van der Waals surface area contributed by atoms with Crippen LogP contribution in [-0.4, -0.2) is 38.4 Å². The molecule has 1 aliphatic rings. The Labute approximate surface area is 155 Å². The van der Waals surface area contributed by atoms with Gasteiger partial charge in [0, 0.05) is 13.1 Å². The maximum Gasteiger partial charge on any atom is 0.241 e. The van der Waals surface area contributed by atoms with Crippen LogP contribution in [0.25, 0.3) is 0 Å². The summed E-state index contributed by atoms with van der Waals surface area (Å²) in [5.41, 5.74) is 1.64. The Morgan fingerprint density at radius 2 is 1.46 bits per heavy atom. The van der Waals surface area contributed by atoms with E-state index in [4.69, 9.17) is 0 Å². The monoisotopic (exact) mass is 372 g/mol. The van der Waals surface area contributed by atoms with Gasteiger partial charge in [-0.25, -0.2) is 13.1 Å². The van der Waals surface area contributed by atoms with Crippen molar-refractivity contribution in [1.29, 1.82) is 0 Å². The molecule has 1 saturated heterocycles. The molecule has 2 aromatic carbocycles.